The molecule has 0 saturated heterocycles. The Morgan fingerprint density at radius 1 is 1.22 bits per heavy atom. The van der Waals surface area contributed by atoms with E-state index in [9.17, 15) is 13.2 Å². The number of methoxy groups -OCH3 is 1. The lowest BCUT2D eigenvalue weighted by molar-refractivity contribution is -0.192. The number of nitrogens with zero attached hydrogens (tertiary/aromatic N) is 3. The summed E-state index contributed by atoms with van der Waals surface area (Å²) in [6.45, 7) is 0. The molecule has 0 aliphatic heterocycles. The number of halogens is 4. The zero-order valence-electron chi connectivity index (χ0n) is 13.6. The molecule has 27 heavy (non-hydrogen) atoms. The molecule has 2 heterocycles. The van der Waals surface area contributed by atoms with E-state index in [-0.39, 0.29) is 0 Å². The molecule has 0 aliphatic carbocycles. The Kier molecular flexibility index (Phi) is 6.35. The topological polar surface area (TPSA) is 98.3 Å². The molecule has 0 aliphatic rings. The van der Waals surface area contributed by atoms with Gasteiger partial charge in [0.2, 0.25) is 5.89 Å². The predicted molar refractivity (Wildman–Crippen MR) is 88.2 cm³/mol. The van der Waals surface area contributed by atoms with Gasteiger partial charge in [-0.25, -0.2) is 4.79 Å². The molecule has 0 amide bonds. The SMILES string of the molecule is COc1ccc(Cl)cc1-c1nnc(-c2cccnc2)o1.O=C(O)C(F)(F)F. The van der Waals surface area contributed by atoms with Crippen LogP contribution in [0.3, 0.4) is 0 Å². The largest absolute Gasteiger partial charge is 0.496 e. The van der Waals surface area contributed by atoms with Crippen LogP contribution in [0.5, 0.6) is 5.75 Å². The highest BCUT2D eigenvalue weighted by atomic mass is 35.5. The summed E-state index contributed by atoms with van der Waals surface area (Å²) in [5.74, 6) is -1.39. The molecule has 0 radical (unpaired) electrons. The van der Waals surface area contributed by atoms with Crippen LogP contribution in [0.15, 0.2) is 47.1 Å². The van der Waals surface area contributed by atoms with Crippen molar-refractivity contribution >= 4 is 17.6 Å². The lowest BCUT2D eigenvalue weighted by atomic mass is 10.2. The Labute approximate surface area is 155 Å². The van der Waals surface area contributed by atoms with Gasteiger partial charge in [0.1, 0.15) is 5.75 Å². The van der Waals surface area contributed by atoms with Crippen molar-refractivity contribution in [2.24, 2.45) is 0 Å². The van der Waals surface area contributed by atoms with Gasteiger partial charge in [0.05, 0.1) is 18.2 Å². The van der Waals surface area contributed by atoms with Gasteiger partial charge in [-0.3, -0.25) is 4.98 Å². The normalized spacial score (nSPS) is 10.7. The minimum atomic E-state index is -5.08. The minimum Gasteiger partial charge on any atom is -0.496 e. The van der Waals surface area contributed by atoms with Crippen LogP contribution >= 0.6 is 11.6 Å². The highest BCUT2D eigenvalue weighted by Gasteiger charge is 2.38. The molecular weight excluding hydrogens is 391 g/mol. The van der Waals surface area contributed by atoms with Crippen LogP contribution in [0.2, 0.25) is 5.02 Å². The van der Waals surface area contributed by atoms with Gasteiger partial charge in [-0.05, 0) is 30.3 Å². The van der Waals surface area contributed by atoms with Gasteiger partial charge < -0.3 is 14.3 Å². The average Bonchev–Trinajstić information content (AvgIpc) is 3.12. The Morgan fingerprint density at radius 3 is 2.44 bits per heavy atom. The number of benzene rings is 1. The Balaban J connectivity index is 0.000000321. The number of hydrogen-bond acceptors (Lipinski definition) is 6. The van der Waals surface area contributed by atoms with Crippen LogP contribution in [-0.4, -0.2) is 39.5 Å². The minimum absolute atomic E-state index is 0.350. The first-order chi connectivity index (χ1) is 12.7. The summed E-state index contributed by atoms with van der Waals surface area (Å²) in [4.78, 5) is 12.9. The summed E-state index contributed by atoms with van der Waals surface area (Å²) < 4.78 is 42.7. The summed E-state index contributed by atoms with van der Waals surface area (Å²) in [6.07, 6.45) is -1.74. The molecule has 1 aromatic carbocycles. The number of rotatable bonds is 3. The van der Waals surface area contributed by atoms with Crippen LogP contribution < -0.4 is 4.74 Å². The molecule has 0 fully saturated rings. The summed E-state index contributed by atoms with van der Waals surface area (Å²) in [7, 11) is 1.57. The Hall–Kier alpha value is -3.14. The maximum absolute atomic E-state index is 10.6. The maximum atomic E-state index is 10.6. The van der Waals surface area contributed by atoms with E-state index in [0.29, 0.717) is 28.1 Å². The number of carbonyl (C=O) groups is 1. The van der Waals surface area contributed by atoms with Crippen molar-refractivity contribution in [1.29, 1.82) is 0 Å². The summed E-state index contributed by atoms with van der Waals surface area (Å²) in [5, 5.41) is 15.7. The molecule has 11 heteroatoms. The van der Waals surface area contributed by atoms with E-state index in [1.165, 1.54) is 0 Å². The lowest BCUT2D eigenvalue weighted by Gasteiger charge is -2.04. The molecule has 0 bridgehead atoms. The van der Waals surface area contributed by atoms with Crippen LogP contribution in [0.25, 0.3) is 22.9 Å². The van der Waals surface area contributed by atoms with Crippen LogP contribution in [0.4, 0.5) is 13.2 Å². The van der Waals surface area contributed by atoms with Crippen molar-refractivity contribution < 1.29 is 32.2 Å². The molecule has 1 N–H and O–H groups in total. The van der Waals surface area contributed by atoms with E-state index in [4.69, 9.17) is 30.7 Å². The van der Waals surface area contributed by atoms with E-state index < -0.39 is 12.1 Å². The molecule has 0 saturated carbocycles. The molecule has 142 valence electrons. The lowest BCUT2D eigenvalue weighted by Crippen LogP contribution is -2.21. The number of aromatic nitrogens is 3. The molecule has 3 aromatic rings. The standard InChI is InChI=1S/C14H10ClN3O2.C2HF3O2/c1-19-12-5-4-10(15)7-11(12)14-18-17-13(20-14)9-3-2-6-16-8-9;3-2(4,5)1(6)7/h2-8H,1H3;(H,6,7). The van der Waals surface area contributed by atoms with Crippen molar-refractivity contribution in [3.05, 3.63) is 47.7 Å². The Bertz CT molecular complexity index is 917. The van der Waals surface area contributed by atoms with E-state index in [0.717, 1.165) is 5.56 Å². The van der Waals surface area contributed by atoms with E-state index in [1.54, 1.807) is 43.8 Å². The van der Waals surface area contributed by atoms with Gasteiger partial charge in [0.25, 0.3) is 5.89 Å². The number of carboxylic acids is 1. The van der Waals surface area contributed by atoms with Crippen LogP contribution in [0.1, 0.15) is 0 Å². The number of aliphatic carboxylic acids is 1. The first kappa shape index (κ1) is 20.2. The van der Waals surface area contributed by atoms with Gasteiger partial charge >= 0.3 is 12.1 Å². The van der Waals surface area contributed by atoms with Gasteiger partial charge in [-0.1, -0.05) is 11.6 Å². The summed E-state index contributed by atoms with van der Waals surface area (Å²) in [5.41, 5.74) is 1.41. The first-order valence-electron chi connectivity index (χ1n) is 7.10. The number of ether oxygens (including phenoxy) is 1. The highest BCUT2D eigenvalue weighted by molar-refractivity contribution is 6.30. The fraction of sp³-hybridized carbons (Fsp3) is 0.125. The quantitative estimate of drug-likeness (QED) is 0.705. The second kappa shape index (κ2) is 8.49. The maximum Gasteiger partial charge on any atom is 0.490 e. The first-order valence-corrected chi connectivity index (χ1v) is 7.48. The van der Waals surface area contributed by atoms with E-state index >= 15 is 0 Å². The van der Waals surface area contributed by atoms with Crippen molar-refractivity contribution in [3.8, 4) is 28.7 Å². The van der Waals surface area contributed by atoms with Crippen molar-refractivity contribution in [2.75, 3.05) is 7.11 Å². The van der Waals surface area contributed by atoms with Gasteiger partial charge in [-0.15, -0.1) is 10.2 Å². The van der Waals surface area contributed by atoms with Gasteiger partial charge in [0.15, 0.2) is 0 Å². The second-order valence-corrected chi connectivity index (χ2v) is 5.24. The zero-order chi connectivity index (χ0) is 20.0. The molecule has 3 rings (SSSR count). The molecule has 0 unspecified atom stereocenters. The van der Waals surface area contributed by atoms with E-state index in [1.807, 2.05) is 6.07 Å². The highest BCUT2D eigenvalue weighted by Crippen LogP contribution is 2.32. The van der Waals surface area contributed by atoms with Crippen LogP contribution in [0, 0.1) is 0 Å². The monoisotopic (exact) mass is 401 g/mol. The summed E-state index contributed by atoms with van der Waals surface area (Å²) in [6, 6.07) is 8.87. The summed E-state index contributed by atoms with van der Waals surface area (Å²) >= 11 is 5.99. The van der Waals surface area contributed by atoms with Crippen molar-refractivity contribution in [2.45, 2.75) is 6.18 Å². The van der Waals surface area contributed by atoms with Gasteiger partial charge in [0, 0.05) is 17.4 Å². The third kappa shape index (κ3) is 5.42. The average molecular weight is 402 g/mol. The fourth-order valence-electron chi connectivity index (χ4n) is 1.79. The Morgan fingerprint density at radius 2 is 1.89 bits per heavy atom. The third-order valence-electron chi connectivity index (χ3n) is 2.97. The third-order valence-corrected chi connectivity index (χ3v) is 3.20. The number of hydrogen-bond donors (Lipinski definition) is 1. The molecule has 2 aromatic heterocycles. The predicted octanol–water partition coefficient (Wildman–Crippen LogP) is 4.09. The molecule has 0 atom stereocenters. The number of pyridine rings is 1. The molecule has 0 spiro atoms. The fourth-order valence-corrected chi connectivity index (χ4v) is 1.96. The van der Waals surface area contributed by atoms with Crippen LogP contribution in [-0.2, 0) is 4.79 Å². The molecule has 7 nitrogen and oxygen atoms in total. The van der Waals surface area contributed by atoms with Gasteiger partial charge in [-0.2, -0.15) is 13.2 Å². The van der Waals surface area contributed by atoms with Crippen molar-refractivity contribution in [3.63, 3.8) is 0 Å². The van der Waals surface area contributed by atoms with E-state index in [2.05, 4.69) is 15.2 Å². The smallest absolute Gasteiger partial charge is 0.490 e. The molecular formula is C16H11ClF3N3O4. The second-order valence-electron chi connectivity index (χ2n) is 4.80. The zero-order valence-corrected chi connectivity index (χ0v) is 14.3. The number of alkyl halides is 3. The number of carboxylic acid groups (broad SMARTS) is 1. The van der Waals surface area contributed by atoms with Crippen molar-refractivity contribution in [1.82, 2.24) is 15.2 Å².